The van der Waals surface area contributed by atoms with E-state index in [0.717, 1.165) is 88.8 Å². The van der Waals surface area contributed by atoms with Gasteiger partial charge in [-0.2, -0.15) is 9.59 Å². The Hall–Kier alpha value is -4.13. The largest absolute Gasteiger partial charge is 0.511 e. The molecule has 0 aromatic rings. The molecule has 6 aliphatic rings. The van der Waals surface area contributed by atoms with Crippen LogP contribution in [0.4, 0.5) is 0 Å². The molecular weight excluding hydrogens is 600 g/mol. The van der Waals surface area contributed by atoms with Gasteiger partial charge in [0, 0.05) is 53.0 Å². The van der Waals surface area contributed by atoms with Gasteiger partial charge in [-0.25, -0.2) is 15.0 Å². The maximum absolute atomic E-state index is 11.2. The van der Waals surface area contributed by atoms with Crippen molar-refractivity contribution in [2.75, 3.05) is 6.61 Å². The van der Waals surface area contributed by atoms with Gasteiger partial charge < -0.3 is 15.2 Å². The van der Waals surface area contributed by atoms with E-state index < -0.39 is 0 Å². The van der Waals surface area contributed by atoms with Crippen LogP contribution < -0.4 is 5.32 Å². The molecule has 0 radical (unpaired) electrons. The summed E-state index contributed by atoms with van der Waals surface area (Å²) in [5.74, 6) is 1.05. The summed E-state index contributed by atoms with van der Waals surface area (Å²) in [7, 11) is 0. The lowest BCUT2D eigenvalue weighted by Crippen LogP contribution is -2.19. The van der Waals surface area contributed by atoms with Crippen molar-refractivity contribution in [1.82, 2.24) is 5.32 Å². The molecule has 5 aliphatic heterocycles. The van der Waals surface area contributed by atoms with Gasteiger partial charge in [-0.3, -0.25) is 0 Å². The number of hydrogen-bond donors (Lipinski definition) is 2. The molecule has 1 saturated heterocycles. The number of ether oxygens (including phenoxy) is 1. The third-order valence-electron chi connectivity index (χ3n) is 10.4. The fourth-order valence-electron chi connectivity index (χ4n) is 7.77. The van der Waals surface area contributed by atoms with Gasteiger partial charge in [0.2, 0.25) is 0 Å². The van der Waals surface area contributed by atoms with E-state index in [1.54, 1.807) is 0 Å². The fraction of sp³-hybridized carbons (Fsp3) is 0.500. The number of nitrogens with one attached hydrogen (secondary N) is 1. The Morgan fingerprint density at radius 2 is 1.69 bits per heavy atom. The molecule has 2 N–H and O–H groups in total. The van der Waals surface area contributed by atoms with E-state index >= 15 is 0 Å². The van der Waals surface area contributed by atoms with E-state index in [1.807, 2.05) is 0 Å². The van der Waals surface area contributed by atoms with Gasteiger partial charge in [-0.15, -0.1) is 0 Å². The topological polar surface area (TPSA) is 113 Å². The van der Waals surface area contributed by atoms with Crippen molar-refractivity contribution in [2.45, 2.75) is 113 Å². The average molecular weight is 651 g/mol. The second kappa shape index (κ2) is 15.0. The molecule has 8 heteroatoms. The third kappa shape index (κ3) is 6.48. The second-order valence-corrected chi connectivity index (χ2v) is 13.5. The molecule has 8 nitrogen and oxygen atoms in total. The normalized spacial score (nSPS) is 23.4. The fourth-order valence-corrected chi connectivity index (χ4v) is 7.77. The highest BCUT2D eigenvalue weighted by Crippen LogP contribution is 2.45. The molecule has 3 atom stereocenters. The minimum atomic E-state index is -0.0657. The molecule has 0 saturated carbocycles. The quantitative estimate of drug-likeness (QED) is 0.229. The summed E-state index contributed by atoms with van der Waals surface area (Å²) in [6.45, 7) is 18.4. The molecule has 1 fully saturated rings. The predicted molar refractivity (Wildman–Crippen MR) is 192 cm³/mol. The number of aliphatic hydroxyl groups excluding tert-OH is 1. The molecule has 0 amide bonds. The summed E-state index contributed by atoms with van der Waals surface area (Å²) >= 11 is 0. The van der Waals surface area contributed by atoms with Crippen molar-refractivity contribution < 1.29 is 19.4 Å². The second-order valence-electron chi connectivity index (χ2n) is 13.5. The zero-order chi connectivity index (χ0) is 34.7. The number of fused-ring (bicyclic) bond motifs is 5. The highest BCUT2D eigenvalue weighted by Gasteiger charge is 2.38. The van der Waals surface area contributed by atoms with Crippen LogP contribution in [0.25, 0.3) is 0 Å². The monoisotopic (exact) mass is 650 g/mol. The van der Waals surface area contributed by atoms with Crippen molar-refractivity contribution >= 4 is 23.3 Å². The average Bonchev–Trinajstić information content (AvgIpc) is 3.80. The van der Waals surface area contributed by atoms with E-state index in [4.69, 9.17) is 29.3 Å². The van der Waals surface area contributed by atoms with Gasteiger partial charge >= 0.3 is 6.15 Å². The van der Waals surface area contributed by atoms with E-state index in [0.29, 0.717) is 24.0 Å². The maximum atomic E-state index is 11.2. The van der Waals surface area contributed by atoms with Crippen molar-refractivity contribution in [1.29, 1.82) is 0 Å². The van der Waals surface area contributed by atoms with Crippen molar-refractivity contribution in [3.05, 3.63) is 91.5 Å². The first-order valence-electron chi connectivity index (χ1n) is 17.7. The number of aliphatic imine (C=N–C) groups is 3. The van der Waals surface area contributed by atoms with Crippen LogP contribution in [0, 0.1) is 11.8 Å². The summed E-state index contributed by atoms with van der Waals surface area (Å²) in [6.07, 6.45) is 15.0. The number of nitrogens with zero attached hydrogens (tertiary/aromatic N) is 3. The van der Waals surface area contributed by atoms with Crippen LogP contribution in [0.2, 0.25) is 0 Å². The van der Waals surface area contributed by atoms with E-state index in [1.165, 1.54) is 47.4 Å². The number of aliphatic hydroxyl groups is 1. The van der Waals surface area contributed by atoms with Gasteiger partial charge in [0.1, 0.15) is 5.76 Å². The number of allylic oxidation sites excluding steroid dienone is 11. The van der Waals surface area contributed by atoms with Crippen LogP contribution in [0.1, 0.15) is 107 Å². The van der Waals surface area contributed by atoms with Gasteiger partial charge in [0.05, 0.1) is 40.3 Å². The molecule has 1 aliphatic carbocycles. The molecular formula is C40H50N4O4. The summed E-state index contributed by atoms with van der Waals surface area (Å²) in [4.78, 5) is 32.0. The molecule has 254 valence electrons. The van der Waals surface area contributed by atoms with Crippen molar-refractivity contribution in [3.8, 4) is 0 Å². The predicted octanol–water partition coefficient (Wildman–Crippen LogP) is 8.86. The Bertz CT molecular complexity index is 1760. The van der Waals surface area contributed by atoms with E-state index in [2.05, 4.69) is 78.9 Å². The van der Waals surface area contributed by atoms with Crippen LogP contribution in [0.15, 0.2) is 106 Å². The van der Waals surface area contributed by atoms with Crippen LogP contribution in [0.3, 0.4) is 0 Å². The Balaban J connectivity index is 0.00000145. The number of carbonyl (C=O) groups excluding carboxylic acids is 2. The van der Waals surface area contributed by atoms with Gasteiger partial charge in [-0.1, -0.05) is 53.4 Å². The first-order chi connectivity index (χ1) is 23.1. The van der Waals surface area contributed by atoms with Crippen LogP contribution >= 0.6 is 0 Å². The van der Waals surface area contributed by atoms with Gasteiger partial charge in [0.15, 0.2) is 0 Å². The molecule has 5 heterocycles. The highest BCUT2D eigenvalue weighted by molar-refractivity contribution is 6.22. The van der Waals surface area contributed by atoms with Crippen LogP contribution in [-0.4, -0.2) is 41.1 Å². The maximum Gasteiger partial charge on any atom is 0.373 e. The van der Waals surface area contributed by atoms with Crippen molar-refractivity contribution in [3.63, 3.8) is 0 Å². The summed E-state index contributed by atoms with van der Waals surface area (Å²) in [6, 6.07) is 0. The lowest BCUT2D eigenvalue weighted by molar-refractivity contribution is -0.191. The SMILES string of the molecule is CCCCCCOC(C)C1=C(C)C2=CC3=NC(=C4CC(O)=C5C4=NC(=C5C)C=C4NC(=CC1=N2)[C@H](C)[C@H]4CC)C(CCC)=C3C.O=C=O. The zero-order valence-corrected chi connectivity index (χ0v) is 29.8. The Kier molecular flexibility index (Phi) is 11.0. The van der Waals surface area contributed by atoms with Crippen LogP contribution in [0.5, 0.6) is 0 Å². The third-order valence-corrected chi connectivity index (χ3v) is 10.4. The Labute approximate surface area is 285 Å². The molecule has 0 spiro atoms. The summed E-state index contributed by atoms with van der Waals surface area (Å²) in [5, 5.41) is 15.0. The summed E-state index contributed by atoms with van der Waals surface area (Å²) < 4.78 is 6.46. The first kappa shape index (κ1) is 35.2. The first-order valence-corrected chi connectivity index (χ1v) is 17.7. The minimum Gasteiger partial charge on any atom is -0.511 e. The molecule has 0 aromatic heterocycles. The zero-order valence-electron chi connectivity index (χ0n) is 29.8. The molecule has 8 bridgehead atoms. The number of rotatable bonds is 10. The molecule has 48 heavy (non-hydrogen) atoms. The lowest BCUT2D eigenvalue weighted by Gasteiger charge is -2.17. The minimum absolute atomic E-state index is 0.0657. The Morgan fingerprint density at radius 3 is 2.38 bits per heavy atom. The van der Waals surface area contributed by atoms with E-state index in [-0.39, 0.29) is 12.3 Å². The van der Waals surface area contributed by atoms with Gasteiger partial charge in [0.25, 0.3) is 0 Å². The summed E-state index contributed by atoms with van der Waals surface area (Å²) in [5.41, 5.74) is 15.7. The lowest BCUT2D eigenvalue weighted by atomic mass is 9.89. The van der Waals surface area contributed by atoms with Crippen molar-refractivity contribution in [2.24, 2.45) is 26.8 Å². The molecule has 0 aromatic carbocycles. The standard InChI is InChI=1S/C39H50N4O2.CO2/c1-9-12-13-14-16-45-25(8)36-23(6)31-18-30-22(5)27(15-10-2)38(42-30)28-17-35(44)37-24(7)32(43-39(28)37)19-33-26(11-3)21(4)29(40-33)20-34(36)41-31;2-1-3/h18-21,25-26,40,44H,9-17H2,1-8H3;/t21-,25?,26-;/m1./s1. The van der Waals surface area contributed by atoms with E-state index in [9.17, 15) is 5.11 Å². The highest BCUT2D eigenvalue weighted by atomic mass is 16.5. The Morgan fingerprint density at radius 1 is 0.938 bits per heavy atom. The smallest absolute Gasteiger partial charge is 0.373 e. The number of unbranched alkanes of at least 4 members (excludes halogenated alkanes) is 3. The number of hydrogen-bond acceptors (Lipinski definition) is 8. The molecule has 1 unspecified atom stereocenters. The van der Waals surface area contributed by atoms with Crippen LogP contribution in [-0.2, 0) is 14.3 Å². The molecule has 6 rings (SSSR count). The van der Waals surface area contributed by atoms with Gasteiger partial charge in [-0.05, 0) is 87.5 Å².